The molecule has 0 bridgehead atoms. The van der Waals surface area contributed by atoms with Gasteiger partial charge in [-0.1, -0.05) is 38.3 Å². The molecule has 4 rings (SSSR count). The summed E-state index contributed by atoms with van der Waals surface area (Å²) in [5.41, 5.74) is 1.58. The first-order valence-electron chi connectivity index (χ1n) is 12.3. The van der Waals surface area contributed by atoms with Gasteiger partial charge in [0.2, 0.25) is 5.95 Å². The van der Waals surface area contributed by atoms with E-state index in [1.54, 1.807) is 5.57 Å². The third kappa shape index (κ3) is 5.54. The number of hydrogen-bond donors (Lipinski definition) is 1. The maximum Gasteiger partial charge on any atom is 0.224 e. The lowest BCUT2D eigenvalue weighted by Gasteiger charge is -2.39. The number of likely N-dealkylation sites (tertiary alicyclic amines) is 1. The quantitative estimate of drug-likeness (QED) is 0.693. The van der Waals surface area contributed by atoms with Gasteiger partial charge in [-0.3, -0.25) is 0 Å². The highest BCUT2D eigenvalue weighted by Crippen LogP contribution is 2.34. The van der Waals surface area contributed by atoms with Crippen LogP contribution in [-0.4, -0.2) is 53.6 Å². The van der Waals surface area contributed by atoms with Crippen molar-refractivity contribution in [1.82, 2.24) is 14.9 Å². The summed E-state index contributed by atoms with van der Waals surface area (Å²) in [7, 11) is 0. The molecule has 2 aliphatic heterocycles. The van der Waals surface area contributed by atoms with Crippen molar-refractivity contribution in [2.45, 2.75) is 71.8 Å². The van der Waals surface area contributed by atoms with Gasteiger partial charge < -0.3 is 15.1 Å². The zero-order chi connectivity index (χ0) is 20.9. The zero-order valence-electron chi connectivity index (χ0n) is 19.3. The highest BCUT2D eigenvalue weighted by Gasteiger charge is 2.30. The summed E-state index contributed by atoms with van der Waals surface area (Å²) in [5, 5.41) is 3.67. The maximum absolute atomic E-state index is 4.88. The van der Waals surface area contributed by atoms with Crippen LogP contribution in [0.3, 0.4) is 0 Å². The van der Waals surface area contributed by atoms with Gasteiger partial charge in [-0.2, -0.15) is 4.98 Å². The second-order valence-corrected chi connectivity index (χ2v) is 10.1. The highest BCUT2D eigenvalue weighted by atomic mass is 15.2. The van der Waals surface area contributed by atoms with Gasteiger partial charge >= 0.3 is 0 Å². The van der Waals surface area contributed by atoms with E-state index >= 15 is 0 Å². The SMILES string of the molecule is CC1=CC(C)C(C)C(CN2CCCC(Nc3nccc(N4CCCCCC4)n3)C2)C1. The Labute approximate surface area is 183 Å². The molecule has 2 saturated heterocycles. The van der Waals surface area contributed by atoms with Gasteiger partial charge in [-0.25, -0.2) is 4.98 Å². The van der Waals surface area contributed by atoms with E-state index in [0.717, 1.165) is 43.2 Å². The fourth-order valence-corrected chi connectivity index (χ4v) is 5.68. The minimum absolute atomic E-state index is 0.450. The minimum atomic E-state index is 0.450. The van der Waals surface area contributed by atoms with Crippen LogP contribution in [0.5, 0.6) is 0 Å². The smallest absolute Gasteiger partial charge is 0.224 e. The van der Waals surface area contributed by atoms with Crippen molar-refractivity contribution in [1.29, 1.82) is 0 Å². The Balaban J connectivity index is 1.34. The van der Waals surface area contributed by atoms with Gasteiger partial charge in [0.15, 0.2) is 0 Å². The zero-order valence-corrected chi connectivity index (χ0v) is 19.3. The predicted octanol–water partition coefficient (Wildman–Crippen LogP) is 4.97. The topological polar surface area (TPSA) is 44.3 Å². The van der Waals surface area contributed by atoms with Crippen molar-refractivity contribution in [3.8, 4) is 0 Å². The molecule has 0 aromatic carbocycles. The molecule has 4 atom stereocenters. The molecule has 1 N–H and O–H groups in total. The molecule has 1 aromatic rings. The average Bonchev–Trinajstić information content (AvgIpc) is 3.02. The Hall–Kier alpha value is -1.62. The molecule has 5 nitrogen and oxygen atoms in total. The van der Waals surface area contributed by atoms with Gasteiger partial charge in [0, 0.05) is 38.4 Å². The van der Waals surface area contributed by atoms with Crippen molar-refractivity contribution in [2.24, 2.45) is 17.8 Å². The lowest BCUT2D eigenvalue weighted by molar-refractivity contribution is 0.144. The molecular weight excluding hydrogens is 370 g/mol. The Morgan fingerprint density at radius 2 is 1.87 bits per heavy atom. The fraction of sp³-hybridized carbons (Fsp3) is 0.760. The van der Waals surface area contributed by atoms with Crippen molar-refractivity contribution in [2.75, 3.05) is 42.9 Å². The number of aromatic nitrogens is 2. The molecule has 0 amide bonds. The largest absolute Gasteiger partial charge is 0.356 e. The van der Waals surface area contributed by atoms with Gasteiger partial charge in [0.1, 0.15) is 5.82 Å². The van der Waals surface area contributed by atoms with Gasteiger partial charge in [-0.05, 0) is 69.4 Å². The summed E-state index contributed by atoms with van der Waals surface area (Å²) in [6.45, 7) is 13.0. The third-order valence-electron chi connectivity index (χ3n) is 7.61. The highest BCUT2D eigenvalue weighted by molar-refractivity contribution is 5.43. The molecule has 4 unspecified atom stereocenters. The van der Waals surface area contributed by atoms with Crippen LogP contribution >= 0.6 is 0 Å². The molecule has 2 fully saturated rings. The molecule has 3 aliphatic rings. The number of anilines is 2. The summed E-state index contributed by atoms with van der Waals surface area (Å²) in [6.07, 6.45) is 13.4. The first kappa shape index (κ1) is 21.6. The molecule has 166 valence electrons. The van der Waals surface area contributed by atoms with Crippen LogP contribution in [0.2, 0.25) is 0 Å². The number of nitrogens with one attached hydrogen (secondary N) is 1. The van der Waals surface area contributed by atoms with Crippen LogP contribution < -0.4 is 10.2 Å². The van der Waals surface area contributed by atoms with Crippen LogP contribution in [0.4, 0.5) is 11.8 Å². The van der Waals surface area contributed by atoms with Gasteiger partial charge in [-0.15, -0.1) is 0 Å². The Bertz CT molecular complexity index is 709. The molecular formula is C25H41N5. The van der Waals surface area contributed by atoms with Gasteiger partial charge in [0.25, 0.3) is 0 Å². The van der Waals surface area contributed by atoms with E-state index in [-0.39, 0.29) is 0 Å². The number of hydrogen-bond acceptors (Lipinski definition) is 5. The first-order chi connectivity index (χ1) is 14.6. The first-order valence-corrected chi connectivity index (χ1v) is 12.3. The number of nitrogens with zero attached hydrogens (tertiary/aromatic N) is 4. The summed E-state index contributed by atoms with van der Waals surface area (Å²) in [6, 6.07) is 2.52. The Morgan fingerprint density at radius 3 is 2.67 bits per heavy atom. The van der Waals surface area contributed by atoms with Crippen molar-refractivity contribution in [3.05, 3.63) is 23.9 Å². The van der Waals surface area contributed by atoms with Crippen LogP contribution in [0.1, 0.15) is 65.7 Å². The van der Waals surface area contributed by atoms with E-state index in [1.807, 2.05) is 6.20 Å². The molecule has 30 heavy (non-hydrogen) atoms. The lowest BCUT2D eigenvalue weighted by atomic mass is 9.75. The summed E-state index contributed by atoms with van der Waals surface area (Å²) in [4.78, 5) is 14.6. The number of rotatable bonds is 5. The van der Waals surface area contributed by atoms with E-state index in [0.29, 0.717) is 12.0 Å². The van der Waals surface area contributed by atoms with Gasteiger partial charge in [0.05, 0.1) is 0 Å². The Kier molecular flexibility index (Phi) is 7.29. The number of allylic oxidation sites excluding steroid dienone is 2. The number of piperidine rings is 1. The summed E-state index contributed by atoms with van der Waals surface area (Å²) < 4.78 is 0. The van der Waals surface area contributed by atoms with Crippen LogP contribution in [0, 0.1) is 17.8 Å². The average molecular weight is 412 g/mol. The predicted molar refractivity (Wildman–Crippen MR) is 126 cm³/mol. The van der Waals surface area contributed by atoms with E-state index in [2.05, 4.69) is 53.0 Å². The normalized spacial score (nSPS) is 31.2. The maximum atomic E-state index is 4.88. The molecule has 5 heteroatoms. The van der Waals surface area contributed by atoms with Crippen molar-refractivity contribution < 1.29 is 0 Å². The summed E-state index contributed by atoms with van der Waals surface area (Å²) in [5.74, 6) is 4.16. The third-order valence-corrected chi connectivity index (χ3v) is 7.61. The molecule has 1 aliphatic carbocycles. The van der Waals surface area contributed by atoms with Crippen molar-refractivity contribution in [3.63, 3.8) is 0 Å². The van der Waals surface area contributed by atoms with Crippen LogP contribution in [0.25, 0.3) is 0 Å². The second-order valence-electron chi connectivity index (χ2n) is 10.1. The van der Waals surface area contributed by atoms with Crippen LogP contribution in [0.15, 0.2) is 23.9 Å². The molecule has 0 spiro atoms. The van der Waals surface area contributed by atoms with E-state index in [1.165, 1.54) is 58.0 Å². The molecule has 1 aromatic heterocycles. The van der Waals surface area contributed by atoms with E-state index < -0.39 is 0 Å². The minimum Gasteiger partial charge on any atom is -0.356 e. The van der Waals surface area contributed by atoms with Crippen molar-refractivity contribution >= 4 is 11.8 Å². The molecule has 3 heterocycles. The summed E-state index contributed by atoms with van der Waals surface area (Å²) >= 11 is 0. The Morgan fingerprint density at radius 1 is 1.07 bits per heavy atom. The molecule has 0 saturated carbocycles. The fourth-order valence-electron chi connectivity index (χ4n) is 5.68. The standard InChI is InChI=1S/C25H41N5/c1-19-15-20(2)21(3)22(16-19)17-29-12-8-9-23(18-29)27-25-26-11-10-24(28-25)30-13-6-4-5-7-14-30/h10-11,15,20-23H,4-9,12-14,16-18H2,1-3H3,(H,26,27,28). The van der Waals surface area contributed by atoms with E-state index in [9.17, 15) is 0 Å². The van der Waals surface area contributed by atoms with E-state index in [4.69, 9.17) is 4.98 Å². The van der Waals surface area contributed by atoms with Crippen LogP contribution in [-0.2, 0) is 0 Å². The lowest BCUT2D eigenvalue weighted by Crippen LogP contribution is -2.45. The molecule has 0 radical (unpaired) electrons. The second kappa shape index (κ2) is 10.1. The monoisotopic (exact) mass is 411 g/mol.